The molecule has 3 unspecified atom stereocenters. The molecule has 4 atom stereocenters. The molecule has 12 heteroatoms. The molecule has 0 spiro atoms. The number of anilines is 1. The minimum absolute atomic E-state index is 0.0774. The molecule has 0 saturated carbocycles. The number of ether oxygens (including phenoxy) is 1. The van der Waals surface area contributed by atoms with E-state index in [1.54, 1.807) is 34.1 Å². The van der Waals surface area contributed by atoms with Crippen LogP contribution in [0, 0.1) is 11.7 Å². The summed E-state index contributed by atoms with van der Waals surface area (Å²) in [6, 6.07) is 8.70. The number of para-hydroxylation sites is 1. The number of benzene rings is 1. The highest BCUT2D eigenvalue weighted by Crippen LogP contribution is 2.47. The smallest absolute Gasteiger partial charge is 0.327 e. The van der Waals surface area contributed by atoms with Crippen molar-refractivity contribution in [1.29, 1.82) is 0 Å². The first kappa shape index (κ1) is 26.3. The minimum Gasteiger partial charge on any atom is -0.453 e. The maximum atomic E-state index is 14.0. The topological polar surface area (TPSA) is 116 Å². The van der Waals surface area contributed by atoms with Crippen molar-refractivity contribution in [3.05, 3.63) is 71.7 Å². The zero-order valence-electron chi connectivity index (χ0n) is 21.6. The van der Waals surface area contributed by atoms with Crippen LogP contribution in [0.15, 0.2) is 65.9 Å². The summed E-state index contributed by atoms with van der Waals surface area (Å²) in [6.45, 7) is 5.31. The summed E-state index contributed by atoms with van der Waals surface area (Å²) < 4.78 is 19.6. The van der Waals surface area contributed by atoms with Gasteiger partial charge in [-0.15, -0.1) is 0 Å². The SMILES string of the molecule is C=CC(=O)N1CCC[C@@H](NC(=O)C2=C3NC(=O)N(c4ccc(Oc5ccccc5F)cn4)C4CCNC(S2)C34)C1. The Morgan fingerprint density at radius 2 is 2.08 bits per heavy atom. The Morgan fingerprint density at radius 3 is 2.85 bits per heavy atom. The van der Waals surface area contributed by atoms with Crippen LogP contribution in [-0.2, 0) is 9.59 Å². The average Bonchev–Trinajstić information content (AvgIpc) is 3.34. The van der Waals surface area contributed by atoms with E-state index in [0.717, 1.165) is 12.8 Å². The monoisotopic (exact) mass is 564 g/mol. The second-order valence-electron chi connectivity index (χ2n) is 10.1. The van der Waals surface area contributed by atoms with E-state index < -0.39 is 5.82 Å². The number of aromatic nitrogens is 1. The Balaban J connectivity index is 1.19. The first-order valence-electron chi connectivity index (χ1n) is 13.3. The van der Waals surface area contributed by atoms with Crippen LogP contribution in [0.4, 0.5) is 15.0 Å². The number of piperidine rings is 2. The highest BCUT2D eigenvalue weighted by Gasteiger charge is 2.52. The Hall–Kier alpha value is -3.90. The molecule has 0 radical (unpaired) electrons. The first-order valence-corrected chi connectivity index (χ1v) is 14.2. The number of hydrogen-bond acceptors (Lipinski definition) is 7. The molecule has 0 aliphatic carbocycles. The van der Waals surface area contributed by atoms with E-state index in [1.165, 1.54) is 36.2 Å². The van der Waals surface area contributed by atoms with E-state index in [-0.39, 0.29) is 47.0 Å². The molecule has 1 aromatic carbocycles. The zero-order valence-corrected chi connectivity index (χ0v) is 22.5. The molecule has 3 N–H and O–H groups in total. The van der Waals surface area contributed by atoms with Gasteiger partial charge in [0.15, 0.2) is 11.6 Å². The number of nitrogens with zero attached hydrogens (tertiary/aromatic N) is 3. The Labute approximate surface area is 235 Å². The molecule has 5 heterocycles. The molecule has 10 nitrogen and oxygen atoms in total. The Morgan fingerprint density at radius 1 is 1.23 bits per heavy atom. The second-order valence-corrected chi connectivity index (χ2v) is 11.3. The van der Waals surface area contributed by atoms with E-state index in [1.807, 2.05) is 0 Å². The number of pyridine rings is 1. The fourth-order valence-corrected chi connectivity index (χ4v) is 7.19. The number of likely N-dealkylation sites (tertiary alicyclic amines) is 1. The van der Waals surface area contributed by atoms with Crippen molar-refractivity contribution >= 4 is 35.4 Å². The van der Waals surface area contributed by atoms with Crippen molar-refractivity contribution in [2.75, 3.05) is 24.5 Å². The van der Waals surface area contributed by atoms with Crippen LogP contribution < -0.4 is 25.6 Å². The number of carbonyl (C=O) groups excluding carboxylic acids is 3. The van der Waals surface area contributed by atoms with Crippen molar-refractivity contribution in [3.63, 3.8) is 0 Å². The maximum Gasteiger partial charge on any atom is 0.327 e. The number of halogens is 1. The summed E-state index contributed by atoms with van der Waals surface area (Å²) in [5.74, 6) is -0.110. The summed E-state index contributed by atoms with van der Waals surface area (Å²) in [5, 5.41) is 9.45. The predicted octanol–water partition coefficient (Wildman–Crippen LogP) is 3.10. The first-order chi connectivity index (χ1) is 19.4. The van der Waals surface area contributed by atoms with Gasteiger partial charge >= 0.3 is 6.03 Å². The summed E-state index contributed by atoms with van der Waals surface area (Å²) in [6.07, 6.45) is 5.01. The standard InChI is InChI=1S/C28H29FN6O4S/c1-2-22(36)34-13-5-6-16(15-34)32-26(37)25-24-23-19(11-12-30-27(23)40-25)35(28(38)33-24)21-10-9-17(14-31-21)39-20-8-4-3-7-18(20)29/h2-4,7-10,14,16,19,23,27,30H,1,5-6,11-13,15H2,(H,32,37)(H,33,38)/t16-,19?,23?,27?/m1/s1. The molecule has 4 aliphatic rings. The third-order valence-electron chi connectivity index (χ3n) is 7.62. The molecule has 4 aliphatic heterocycles. The van der Waals surface area contributed by atoms with Gasteiger partial charge in [0.05, 0.1) is 22.5 Å². The van der Waals surface area contributed by atoms with Gasteiger partial charge in [-0.3, -0.25) is 14.5 Å². The third-order valence-corrected chi connectivity index (χ3v) is 8.98. The molecule has 1 aromatic heterocycles. The number of rotatable bonds is 6. The van der Waals surface area contributed by atoms with Crippen LogP contribution in [0.25, 0.3) is 0 Å². The molecule has 4 amide bonds. The van der Waals surface area contributed by atoms with Crippen LogP contribution >= 0.6 is 11.8 Å². The molecule has 0 bridgehead atoms. The number of carbonyl (C=O) groups is 3. The highest BCUT2D eigenvalue weighted by atomic mass is 32.2. The lowest BCUT2D eigenvalue weighted by Gasteiger charge is -2.45. The molecule has 3 fully saturated rings. The quantitative estimate of drug-likeness (QED) is 0.462. The second kappa shape index (κ2) is 10.9. The van der Waals surface area contributed by atoms with Gasteiger partial charge in [-0.05, 0) is 56.1 Å². The number of nitrogens with one attached hydrogen (secondary N) is 3. The maximum absolute atomic E-state index is 14.0. The average molecular weight is 565 g/mol. The molecule has 40 heavy (non-hydrogen) atoms. The third kappa shape index (κ3) is 4.92. The van der Waals surface area contributed by atoms with Gasteiger partial charge < -0.3 is 25.6 Å². The van der Waals surface area contributed by atoms with Gasteiger partial charge in [-0.1, -0.05) is 30.5 Å². The van der Waals surface area contributed by atoms with Crippen molar-refractivity contribution in [2.24, 2.45) is 5.92 Å². The number of amides is 4. The van der Waals surface area contributed by atoms with Crippen molar-refractivity contribution in [1.82, 2.24) is 25.8 Å². The summed E-state index contributed by atoms with van der Waals surface area (Å²) in [5.41, 5.74) is 0.625. The highest BCUT2D eigenvalue weighted by molar-refractivity contribution is 8.04. The molecular formula is C28H29FN6O4S. The molecule has 208 valence electrons. The fraction of sp³-hybridized carbons (Fsp3) is 0.357. The summed E-state index contributed by atoms with van der Waals surface area (Å²) >= 11 is 1.43. The van der Waals surface area contributed by atoms with E-state index in [0.29, 0.717) is 48.2 Å². The Bertz CT molecular complexity index is 1390. The lowest BCUT2D eigenvalue weighted by Crippen LogP contribution is -2.62. The van der Waals surface area contributed by atoms with Crippen LogP contribution in [0.1, 0.15) is 19.3 Å². The summed E-state index contributed by atoms with van der Waals surface area (Å²) in [4.78, 5) is 47.2. The van der Waals surface area contributed by atoms with Gasteiger partial charge in [-0.25, -0.2) is 14.2 Å². The van der Waals surface area contributed by atoms with Crippen LogP contribution in [0.2, 0.25) is 0 Å². The van der Waals surface area contributed by atoms with Crippen LogP contribution in [-0.4, -0.2) is 64.8 Å². The lowest BCUT2D eigenvalue weighted by atomic mass is 9.86. The largest absolute Gasteiger partial charge is 0.453 e. The molecule has 2 aromatic rings. The number of urea groups is 1. The van der Waals surface area contributed by atoms with Crippen molar-refractivity contribution < 1.29 is 23.5 Å². The van der Waals surface area contributed by atoms with E-state index in [9.17, 15) is 18.8 Å². The fourth-order valence-electron chi connectivity index (χ4n) is 5.79. The summed E-state index contributed by atoms with van der Waals surface area (Å²) in [7, 11) is 0. The van der Waals surface area contributed by atoms with Gasteiger partial charge in [0.2, 0.25) is 5.91 Å². The number of hydrogen-bond donors (Lipinski definition) is 3. The van der Waals surface area contributed by atoms with Gasteiger partial charge in [0, 0.05) is 30.7 Å². The van der Waals surface area contributed by atoms with Crippen molar-refractivity contribution in [2.45, 2.75) is 36.7 Å². The van der Waals surface area contributed by atoms with Gasteiger partial charge in [0.25, 0.3) is 5.91 Å². The van der Waals surface area contributed by atoms with Crippen molar-refractivity contribution in [3.8, 4) is 11.5 Å². The van der Waals surface area contributed by atoms with Gasteiger partial charge in [0.1, 0.15) is 11.6 Å². The molecule has 3 saturated heterocycles. The predicted molar refractivity (Wildman–Crippen MR) is 148 cm³/mol. The molecule has 6 rings (SSSR count). The minimum atomic E-state index is -0.480. The molecular weight excluding hydrogens is 535 g/mol. The van der Waals surface area contributed by atoms with Crippen LogP contribution in [0.5, 0.6) is 11.5 Å². The number of thioether (sulfide) groups is 1. The van der Waals surface area contributed by atoms with Crippen LogP contribution in [0.3, 0.4) is 0 Å². The van der Waals surface area contributed by atoms with Gasteiger partial charge in [-0.2, -0.15) is 0 Å². The van der Waals surface area contributed by atoms with E-state index in [4.69, 9.17) is 4.74 Å². The lowest BCUT2D eigenvalue weighted by molar-refractivity contribution is -0.128. The van der Waals surface area contributed by atoms with E-state index in [2.05, 4.69) is 27.5 Å². The normalized spacial score (nSPS) is 25.7. The zero-order chi connectivity index (χ0) is 27.8. The van der Waals surface area contributed by atoms with E-state index >= 15 is 0 Å². The Kier molecular flexibility index (Phi) is 7.20.